The van der Waals surface area contributed by atoms with Crippen LogP contribution in [0.3, 0.4) is 0 Å². The average Bonchev–Trinajstić information content (AvgIpc) is 3.10. The summed E-state index contributed by atoms with van der Waals surface area (Å²) in [7, 11) is 0. The molecule has 0 spiro atoms. The summed E-state index contributed by atoms with van der Waals surface area (Å²) in [6, 6.07) is 11.1. The number of nitro groups is 1. The van der Waals surface area contributed by atoms with Crippen LogP contribution in [0.4, 0.5) is 11.4 Å². The summed E-state index contributed by atoms with van der Waals surface area (Å²) >= 11 is 0. The van der Waals surface area contributed by atoms with Gasteiger partial charge in [-0.2, -0.15) is 5.10 Å². The van der Waals surface area contributed by atoms with Crippen LogP contribution in [0, 0.1) is 10.1 Å². The van der Waals surface area contributed by atoms with Crippen molar-refractivity contribution >= 4 is 17.3 Å². The number of carbonyl (C=O) groups excluding carboxylic acids is 1. The zero-order chi connectivity index (χ0) is 16.9. The molecule has 0 radical (unpaired) electrons. The third-order valence-electron chi connectivity index (χ3n) is 3.29. The number of anilines is 1. The van der Waals surface area contributed by atoms with Crippen molar-refractivity contribution in [3.05, 3.63) is 76.7 Å². The van der Waals surface area contributed by atoms with Gasteiger partial charge in [0.25, 0.3) is 5.69 Å². The van der Waals surface area contributed by atoms with E-state index in [0.29, 0.717) is 17.1 Å². The summed E-state index contributed by atoms with van der Waals surface area (Å²) in [5, 5.41) is 17.5. The summed E-state index contributed by atoms with van der Waals surface area (Å²) < 4.78 is 1.56. The Kier molecular flexibility index (Phi) is 4.28. The maximum Gasteiger partial charge on any atom is 0.269 e. The molecule has 0 saturated carbocycles. The first-order chi connectivity index (χ1) is 11.6. The third kappa shape index (κ3) is 3.43. The number of nitro benzene ring substituents is 1. The lowest BCUT2D eigenvalue weighted by atomic mass is 10.1. The molecule has 2 aromatic heterocycles. The van der Waals surface area contributed by atoms with Gasteiger partial charge in [-0.1, -0.05) is 12.1 Å². The van der Waals surface area contributed by atoms with Gasteiger partial charge in [0, 0.05) is 30.7 Å². The lowest BCUT2D eigenvalue weighted by Crippen LogP contribution is -2.16. The van der Waals surface area contributed by atoms with Crippen molar-refractivity contribution in [3.8, 4) is 5.82 Å². The molecule has 2 heterocycles. The molecule has 0 aliphatic carbocycles. The van der Waals surface area contributed by atoms with Crippen molar-refractivity contribution in [2.24, 2.45) is 0 Å². The van der Waals surface area contributed by atoms with Crippen LogP contribution in [0.25, 0.3) is 5.82 Å². The van der Waals surface area contributed by atoms with Crippen LogP contribution in [0.5, 0.6) is 0 Å². The number of pyridine rings is 1. The van der Waals surface area contributed by atoms with Crippen LogP contribution < -0.4 is 5.32 Å². The number of non-ortho nitro benzene ring substituents is 1. The molecule has 0 unspecified atom stereocenters. The number of rotatable bonds is 5. The number of nitrogens with zero attached hydrogens (tertiary/aromatic N) is 4. The number of hydrogen-bond donors (Lipinski definition) is 1. The van der Waals surface area contributed by atoms with Gasteiger partial charge in [-0.3, -0.25) is 14.9 Å². The molecule has 0 aliphatic rings. The van der Waals surface area contributed by atoms with Crippen LogP contribution >= 0.6 is 0 Å². The van der Waals surface area contributed by atoms with E-state index in [1.54, 1.807) is 53.6 Å². The van der Waals surface area contributed by atoms with Gasteiger partial charge in [-0.15, -0.1) is 0 Å². The Morgan fingerprint density at radius 3 is 2.62 bits per heavy atom. The molecule has 0 fully saturated rings. The van der Waals surface area contributed by atoms with E-state index in [9.17, 15) is 14.9 Å². The highest BCUT2D eigenvalue weighted by atomic mass is 16.6. The smallest absolute Gasteiger partial charge is 0.269 e. The summed E-state index contributed by atoms with van der Waals surface area (Å²) in [5.74, 6) is 0.268. The quantitative estimate of drug-likeness (QED) is 0.573. The van der Waals surface area contributed by atoms with Crippen LogP contribution in [-0.4, -0.2) is 25.6 Å². The van der Waals surface area contributed by atoms with E-state index >= 15 is 0 Å². The number of aromatic nitrogens is 3. The molecule has 0 bridgehead atoms. The topological polar surface area (TPSA) is 103 Å². The Balaban J connectivity index is 1.73. The Morgan fingerprint density at radius 2 is 1.96 bits per heavy atom. The Bertz CT molecular complexity index is 860. The summed E-state index contributed by atoms with van der Waals surface area (Å²) in [6.45, 7) is 0. The first-order valence-electron chi connectivity index (χ1n) is 7.12. The van der Waals surface area contributed by atoms with Gasteiger partial charge in [-0.25, -0.2) is 9.67 Å². The summed E-state index contributed by atoms with van der Waals surface area (Å²) in [6.07, 6.45) is 5.07. The molecule has 3 aromatic rings. The standard InChI is InChI=1S/C16H13N5O3/c22-15(11-12-4-6-13(7-5-12)21(23)24)19-14-3-1-8-17-16(14)20-10-2-9-18-20/h1-10H,11H2,(H,19,22). The van der Waals surface area contributed by atoms with E-state index in [1.807, 2.05) is 0 Å². The lowest BCUT2D eigenvalue weighted by molar-refractivity contribution is -0.384. The van der Waals surface area contributed by atoms with E-state index in [0.717, 1.165) is 0 Å². The van der Waals surface area contributed by atoms with Gasteiger partial charge in [0.1, 0.15) is 0 Å². The Labute approximate surface area is 136 Å². The first kappa shape index (κ1) is 15.3. The maximum absolute atomic E-state index is 12.2. The molecular formula is C16H13N5O3. The van der Waals surface area contributed by atoms with Gasteiger partial charge < -0.3 is 5.32 Å². The number of nitrogens with one attached hydrogen (secondary N) is 1. The SMILES string of the molecule is O=C(Cc1ccc([N+](=O)[O-])cc1)Nc1cccnc1-n1cccn1. The maximum atomic E-state index is 12.2. The van der Waals surface area contributed by atoms with E-state index in [1.165, 1.54) is 12.1 Å². The highest BCUT2D eigenvalue weighted by Crippen LogP contribution is 2.17. The van der Waals surface area contributed by atoms with Crippen molar-refractivity contribution in [3.63, 3.8) is 0 Å². The van der Waals surface area contributed by atoms with Crippen LogP contribution in [0.15, 0.2) is 61.1 Å². The molecule has 0 atom stereocenters. The van der Waals surface area contributed by atoms with Gasteiger partial charge in [0.15, 0.2) is 5.82 Å². The van der Waals surface area contributed by atoms with Crippen molar-refractivity contribution < 1.29 is 9.72 Å². The summed E-state index contributed by atoms with van der Waals surface area (Å²) in [4.78, 5) is 26.6. The molecule has 8 nitrogen and oxygen atoms in total. The van der Waals surface area contributed by atoms with Crippen molar-refractivity contribution in [2.45, 2.75) is 6.42 Å². The molecule has 0 aliphatic heterocycles. The van der Waals surface area contributed by atoms with E-state index in [-0.39, 0.29) is 18.0 Å². The molecule has 0 saturated heterocycles. The van der Waals surface area contributed by atoms with Crippen LogP contribution in [0.1, 0.15) is 5.56 Å². The number of amides is 1. The highest BCUT2D eigenvalue weighted by Gasteiger charge is 2.11. The van der Waals surface area contributed by atoms with Gasteiger partial charge in [0.2, 0.25) is 5.91 Å². The van der Waals surface area contributed by atoms with Crippen molar-refractivity contribution in [1.82, 2.24) is 14.8 Å². The normalized spacial score (nSPS) is 10.3. The summed E-state index contributed by atoms with van der Waals surface area (Å²) in [5.41, 5.74) is 1.21. The second-order valence-electron chi connectivity index (χ2n) is 4.97. The third-order valence-corrected chi connectivity index (χ3v) is 3.29. The van der Waals surface area contributed by atoms with Crippen LogP contribution in [-0.2, 0) is 11.2 Å². The molecular weight excluding hydrogens is 310 g/mol. The van der Waals surface area contributed by atoms with Gasteiger partial charge in [-0.05, 0) is 23.8 Å². The number of hydrogen-bond acceptors (Lipinski definition) is 5. The fraction of sp³-hybridized carbons (Fsp3) is 0.0625. The van der Waals surface area contributed by atoms with Gasteiger partial charge in [0.05, 0.1) is 17.0 Å². The van der Waals surface area contributed by atoms with E-state index < -0.39 is 4.92 Å². The monoisotopic (exact) mass is 323 g/mol. The van der Waals surface area contributed by atoms with Crippen molar-refractivity contribution in [1.29, 1.82) is 0 Å². The highest BCUT2D eigenvalue weighted by molar-refractivity contribution is 5.93. The zero-order valence-corrected chi connectivity index (χ0v) is 12.5. The predicted octanol–water partition coefficient (Wildman–Crippen LogP) is 2.36. The minimum absolute atomic E-state index is 0.00705. The van der Waals surface area contributed by atoms with Crippen molar-refractivity contribution in [2.75, 3.05) is 5.32 Å². The first-order valence-corrected chi connectivity index (χ1v) is 7.12. The largest absolute Gasteiger partial charge is 0.323 e. The molecule has 1 amide bonds. The molecule has 1 N–H and O–H groups in total. The Hall–Kier alpha value is -3.55. The zero-order valence-electron chi connectivity index (χ0n) is 12.5. The minimum Gasteiger partial charge on any atom is -0.323 e. The molecule has 120 valence electrons. The van der Waals surface area contributed by atoms with E-state index in [4.69, 9.17) is 0 Å². The number of benzene rings is 1. The van der Waals surface area contributed by atoms with Gasteiger partial charge >= 0.3 is 0 Å². The number of carbonyl (C=O) groups is 1. The van der Waals surface area contributed by atoms with E-state index in [2.05, 4.69) is 15.4 Å². The molecule has 1 aromatic carbocycles. The fourth-order valence-corrected chi connectivity index (χ4v) is 2.19. The molecule has 8 heteroatoms. The second-order valence-corrected chi connectivity index (χ2v) is 4.97. The average molecular weight is 323 g/mol. The molecule has 24 heavy (non-hydrogen) atoms. The Morgan fingerprint density at radius 1 is 1.17 bits per heavy atom. The minimum atomic E-state index is -0.476. The molecule has 3 rings (SSSR count). The predicted molar refractivity (Wildman–Crippen MR) is 86.8 cm³/mol. The second kappa shape index (κ2) is 6.69. The lowest BCUT2D eigenvalue weighted by Gasteiger charge is -2.10. The fourth-order valence-electron chi connectivity index (χ4n) is 2.19. The van der Waals surface area contributed by atoms with Crippen LogP contribution in [0.2, 0.25) is 0 Å².